The van der Waals surface area contributed by atoms with E-state index in [0.29, 0.717) is 25.8 Å². The topological polar surface area (TPSA) is 51.6 Å². The van der Waals surface area contributed by atoms with E-state index < -0.39 is 0 Å². The van der Waals surface area contributed by atoms with Crippen LogP contribution < -0.4 is 5.32 Å². The van der Waals surface area contributed by atoms with Crippen LogP contribution >= 0.6 is 12.4 Å². The fraction of sp³-hybridized carbons (Fsp3) is 0.345. The van der Waals surface area contributed by atoms with Crippen LogP contribution in [-0.2, 0) is 36.0 Å². The zero-order chi connectivity index (χ0) is 24.3. The minimum absolute atomic E-state index is 0. The van der Waals surface area contributed by atoms with Gasteiger partial charge in [0.05, 0.1) is 17.6 Å². The molecule has 8 heteroatoms. The molecule has 1 N–H and O–H groups in total. The molecule has 1 saturated heterocycles. The molecule has 3 heterocycles. The van der Waals surface area contributed by atoms with E-state index in [1.807, 2.05) is 30.3 Å². The van der Waals surface area contributed by atoms with Gasteiger partial charge >= 0.3 is 0 Å². The fourth-order valence-electron chi connectivity index (χ4n) is 5.21. The molecule has 6 nitrogen and oxygen atoms in total. The van der Waals surface area contributed by atoms with Gasteiger partial charge in [-0.25, -0.2) is 19.1 Å². The normalized spacial score (nSPS) is 16.4. The minimum atomic E-state index is -0.213. The van der Waals surface area contributed by atoms with Gasteiger partial charge in [0.25, 0.3) is 0 Å². The largest absolute Gasteiger partial charge is 0.353 e. The molecule has 0 amide bonds. The van der Waals surface area contributed by atoms with E-state index >= 15 is 0 Å². The molecule has 0 unspecified atom stereocenters. The lowest BCUT2D eigenvalue weighted by Crippen LogP contribution is -2.40. The van der Waals surface area contributed by atoms with Crippen molar-refractivity contribution >= 4 is 29.4 Å². The van der Waals surface area contributed by atoms with Crippen LogP contribution in [0.25, 0.3) is 11.0 Å². The Hall–Kier alpha value is -2.97. The zero-order valence-corrected chi connectivity index (χ0v) is 21.6. The number of nitrogens with zero attached hydrogens (tertiary/aromatic N) is 3. The van der Waals surface area contributed by atoms with Crippen LogP contribution in [0, 0.1) is 5.82 Å². The predicted octanol–water partition coefficient (Wildman–Crippen LogP) is 5.73. The highest BCUT2D eigenvalue weighted by molar-refractivity contribution is 5.85. The summed E-state index contributed by atoms with van der Waals surface area (Å²) >= 11 is 0. The number of halogens is 2. The average molecular weight is 523 g/mol. The van der Waals surface area contributed by atoms with E-state index in [2.05, 4.69) is 39.0 Å². The molecule has 37 heavy (non-hydrogen) atoms. The minimum Gasteiger partial charge on any atom is -0.353 e. The van der Waals surface area contributed by atoms with E-state index in [9.17, 15) is 4.39 Å². The van der Waals surface area contributed by atoms with Gasteiger partial charge in [-0.05, 0) is 65.8 Å². The lowest BCUT2D eigenvalue weighted by Gasteiger charge is -2.32. The maximum Gasteiger partial charge on any atom is 0.204 e. The van der Waals surface area contributed by atoms with Gasteiger partial charge in [0.1, 0.15) is 19.0 Å². The van der Waals surface area contributed by atoms with Crippen LogP contribution in [0.4, 0.5) is 10.3 Å². The molecule has 1 aromatic heterocycles. The number of aromatic nitrogens is 2. The Morgan fingerprint density at radius 3 is 2.43 bits per heavy atom. The van der Waals surface area contributed by atoms with Gasteiger partial charge in [-0.2, -0.15) is 0 Å². The molecular weight excluding hydrogens is 491 g/mol. The maximum atomic E-state index is 13.4. The van der Waals surface area contributed by atoms with E-state index in [1.165, 1.54) is 28.8 Å². The summed E-state index contributed by atoms with van der Waals surface area (Å²) < 4.78 is 15.6. The number of hydrogen-bond donors (Lipinski definition) is 1. The smallest absolute Gasteiger partial charge is 0.204 e. The van der Waals surface area contributed by atoms with Gasteiger partial charge < -0.3 is 14.8 Å². The van der Waals surface area contributed by atoms with Crippen molar-refractivity contribution < 1.29 is 14.2 Å². The van der Waals surface area contributed by atoms with Gasteiger partial charge in [0.2, 0.25) is 5.95 Å². The molecule has 0 bridgehead atoms. The molecule has 2 aliphatic heterocycles. The summed E-state index contributed by atoms with van der Waals surface area (Å²) in [6.45, 7) is 4.92. The summed E-state index contributed by atoms with van der Waals surface area (Å²) in [6, 6.07) is 21.9. The van der Waals surface area contributed by atoms with Crippen LogP contribution in [0.2, 0.25) is 0 Å². The third-order valence-corrected chi connectivity index (χ3v) is 7.33. The van der Waals surface area contributed by atoms with Crippen molar-refractivity contribution in [1.82, 2.24) is 14.5 Å². The number of imidazole rings is 1. The lowest BCUT2D eigenvalue weighted by molar-refractivity contribution is -0.322. The highest BCUT2D eigenvalue weighted by Crippen LogP contribution is 2.24. The van der Waals surface area contributed by atoms with Crippen LogP contribution in [-0.4, -0.2) is 40.1 Å². The maximum absolute atomic E-state index is 13.4. The summed E-state index contributed by atoms with van der Waals surface area (Å²) in [7, 11) is 0. The molecule has 0 atom stereocenters. The second kappa shape index (κ2) is 11.6. The van der Waals surface area contributed by atoms with Crippen molar-refractivity contribution in [3.8, 4) is 0 Å². The third kappa shape index (κ3) is 5.96. The number of rotatable bonds is 7. The van der Waals surface area contributed by atoms with E-state index in [-0.39, 0.29) is 18.2 Å². The number of anilines is 1. The predicted molar refractivity (Wildman–Crippen MR) is 145 cm³/mol. The number of hydrogen-bond acceptors (Lipinski definition) is 5. The van der Waals surface area contributed by atoms with Crippen LogP contribution in [0.5, 0.6) is 0 Å². The first-order valence-electron chi connectivity index (χ1n) is 12.7. The van der Waals surface area contributed by atoms with E-state index in [1.54, 1.807) is 0 Å². The van der Waals surface area contributed by atoms with Gasteiger partial charge in [0.15, 0.2) is 0 Å². The Kier molecular flexibility index (Phi) is 8.05. The second-order valence-corrected chi connectivity index (χ2v) is 9.77. The Bertz CT molecular complexity index is 1340. The molecule has 0 radical (unpaired) electrons. The van der Waals surface area contributed by atoms with Crippen molar-refractivity contribution in [2.24, 2.45) is 0 Å². The van der Waals surface area contributed by atoms with Gasteiger partial charge in [-0.15, -0.1) is 12.4 Å². The summed E-state index contributed by atoms with van der Waals surface area (Å²) in [4.78, 5) is 17.7. The number of benzene rings is 3. The molecule has 1 fully saturated rings. The van der Waals surface area contributed by atoms with Crippen LogP contribution in [0.15, 0.2) is 66.7 Å². The Morgan fingerprint density at radius 1 is 0.892 bits per heavy atom. The zero-order valence-electron chi connectivity index (χ0n) is 20.7. The number of fused-ring (bicyclic) bond motifs is 2. The monoisotopic (exact) mass is 522 g/mol. The van der Waals surface area contributed by atoms with Gasteiger partial charge in [-0.1, -0.05) is 42.5 Å². The summed E-state index contributed by atoms with van der Waals surface area (Å²) in [5.74, 6) is 0.675. The first-order chi connectivity index (χ1) is 17.7. The third-order valence-electron chi connectivity index (χ3n) is 7.33. The molecular formula is C29H32ClFN4O2. The Morgan fingerprint density at radius 2 is 1.62 bits per heavy atom. The standard InChI is InChI=1S/C29H31FN4O2.ClH/c30-25-9-6-22(7-10-25)18-34-28-4-2-1-3-27(28)32-29(34)31-26-12-15-33(16-13-26)14-11-21-5-8-23-19-35-36-20-24(23)17-21;/h1-10,17,26H,11-16,18-20H2,(H,31,32);1H. The summed E-state index contributed by atoms with van der Waals surface area (Å²) in [5, 5.41) is 3.72. The number of para-hydroxylation sites is 2. The van der Waals surface area contributed by atoms with E-state index in [0.717, 1.165) is 61.4 Å². The molecule has 0 aliphatic carbocycles. The lowest BCUT2D eigenvalue weighted by atomic mass is 10.0. The van der Waals surface area contributed by atoms with Crippen molar-refractivity contribution in [3.63, 3.8) is 0 Å². The quantitative estimate of drug-likeness (QED) is 0.314. The Balaban J connectivity index is 0.00000280. The molecule has 4 aromatic rings. The fourth-order valence-corrected chi connectivity index (χ4v) is 5.21. The Labute approximate surface area is 222 Å². The summed E-state index contributed by atoms with van der Waals surface area (Å²) in [5.41, 5.74) is 6.94. The molecule has 194 valence electrons. The highest BCUT2D eigenvalue weighted by atomic mass is 35.5. The van der Waals surface area contributed by atoms with Crippen molar-refractivity contribution in [3.05, 3.63) is 94.8 Å². The van der Waals surface area contributed by atoms with Gasteiger partial charge in [0, 0.05) is 25.7 Å². The first-order valence-corrected chi connectivity index (χ1v) is 12.7. The molecule has 2 aliphatic rings. The number of piperidine rings is 1. The highest BCUT2D eigenvalue weighted by Gasteiger charge is 2.22. The van der Waals surface area contributed by atoms with Crippen molar-refractivity contribution in [2.45, 2.75) is 45.1 Å². The summed E-state index contributed by atoms with van der Waals surface area (Å²) in [6.07, 6.45) is 3.20. The van der Waals surface area contributed by atoms with Crippen LogP contribution in [0.1, 0.15) is 35.1 Å². The first kappa shape index (κ1) is 25.7. The van der Waals surface area contributed by atoms with Crippen molar-refractivity contribution in [1.29, 1.82) is 0 Å². The average Bonchev–Trinajstić information content (AvgIpc) is 3.26. The van der Waals surface area contributed by atoms with Crippen molar-refractivity contribution in [2.75, 3.05) is 25.0 Å². The van der Waals surface area contributed by atoms with Crippen LogP contribution in [0.3, 0.4) is 0 Å². The second-order valence-electron chi connectivity index (χ2n) is 9.77. The van der Waals surface area contributed by atoms with Gasteiger partial charge in [-0.3, -0.25) is 0 Å². The molecule has 3 aromatic carbocycles. The number of likely N-dealkylation sites (tertiary alicyclic amines) is 1. The number of nitrogens with one attached hydrogen (secondary N) is 1. The molecule has 6 rings (SSSR count). The van der Waals surface area contributed by atoms with E-state index in [4.69, 9.17) is 14.8 Å². The molecule has 0 spiro atoms. The molecule has 0 saturated carbocycles. The SMILES string of the molecule is Cl.Fc1ccc(Cn2c(NC3CCN(CCc4ccc5c(c4)COOC5)CC3)nc3ccccc32)cc1.